The summed E-state index contributed by atoms with van der Waals surface area (Å²) in [6.07, 6.45) is 4.14. The maximum atomic E-state index is 9.13. The number of hydrogen-bond donors (Lipinski definition) is 1. The molecule has 2 aliphatic rings. The Bertz CT molecular complexity index is 455. The number of rotatable bonds is 1. The zero-order valence-electron chi connectivity index (χ0n) is 10.1. The fraction of sp³-hybridized carbons (Fsp3) is 0.692. The predicted molar refractivity (Wildman–Crippen MR) is 61.1 cm³/mol. The Balaban J connectivity index is 2.22. The molecule has 0 aliphatic heterocycles. The van der Waals surface area contributed by atoms with Crippen molar-refractivity contribution in [2.24, 2.45) is 5.41 Å². The summed E-state index contributed by atoms with van der Waals surface area (Å²) >= 11 is 0. The molecule has 0 saturated heterocycles. The van der Waals surface area contributed by atoms with Gasteiger partial charge in [0.25, 0.3) is 0 Å². The quantitative estimate of drug-likeness (QED) is 0.785. The summed E-state index contributed by atoms with van der Waals surface area (Å²) in [6, 6.07) is 0. The molecular formula is C13H18N2O. The SMILES string of the molecule is CC12CCC(c3nc(CO)cnc31)C2(C)C. The van der Waals surface area contributed by atoms with Crippen molar-refractivity contribution in [2.75, 3.05) is 0 Å². The average Bonchev–Trinajstić information content (AvgIpc) is 2.59. The third-order valence-electron chi connectivity index (χ3n) is 5.09. The van der Waals surface area contributed by atoms with E-state index in [1.807, 2.05) is 0 Å². The number of aromatic nitrogens is 2. The molecule has 0 aromatic carbocycles. The van der Waals surface area contributed by atoms with Gasteiger partial charge in [-0.15, -0.1) is 0 Å². The summed E-state index contributed by atoms with van der Waals surface area (Å²) in [5.41, 5.74) is 3.44. The van der Waals surface area contributed by atoms with E-state index in [0.717, 1.165) is 5.69 Å². The van der Waals surface area contributed by atoms with Crippen LogP contribution in [0.5, 0.6) is 0 Å². The Morgan fingerprint density at radius 1 is 1.44 bits per heavy atom. The number of aliphatic hydroxyl groups excluding tert-OH is 1. The topological polar surface area (TPSA) is 46.0 Å². The zero-order valence-corrected chi connectivity index (χ0v) is 10.1. The molecule has 86 valence electrons. The lowest BCUT2D eigenvalue weighted by molar-refractivity contribution is 0.227. The summed E-state index contributed by atoms with van der Waals surface area (Å²) in [4.78, 5) is 9.14. The first-order chi connectivity index (χ1) is 7.50. The number of aliphatic hydroxyl groups is 1. The van der Waals surface area contributed by atoms with Crippen LogP contribution < -0.4 is 0 Å². The van der Waals surface area contributed by atoms with Crippen molar-refractivity contribution in [3.63, 3.8) is 0 Å². The molecule has 1 aromatic rings. The van der Waals surface area contributed by atoms with E-state index in [0.29, 0.717) is 11.6 Å². The van der Waals surface area contributed by atoms with Gasteiger partial charge < -0.3 is 5.11 Å². The summed E-state index contributed by atoms with van der Waals surface area (Å²) in [6.45, 7) is 6.95. The van der Waals surface area contributed by atoms with Crippen LogP contribution in [0.3, 0.4) is 0 Å². The minimum absolute atomic E-state index is 0.00978. The van der Waals surface area contributed by atoms with E-state index >= 15 is 0 Å². The molecule has 0 amide bonds. The van der Waals surface area contributed by atoms with Crippen LogP contribution in [-0.4, -0.2) is 15.1 Å². The molecule has 16 heavy (non-hydrogen) atoms. The van der Waals surface area contributed by atoms with Crippen LogP contribution in [0.25, 0.3) is 0 Å². The molecule has 1 saturated carbocycles. The predicted octanol–water partition coefficient (Wildman–Crippen LogP) is 2.14. The smallest absolute Gasteiger partial charge is 0.0868 e. The first-order valence-corrected chi connectivity index (χ1v) is 5.98. The average molecular weight is 218 g/mol. The molecular weight excluding hydrogens is 200 g/mol. The van der Waals surface area contributed by atoms with Gasteiger partial charge in [-0.2, -0.15) is 0 Å². The molecule has 1 heterocycles. The monoisotopic (exact) mass is 218 g/mol. The Morgan fingerprint density at radius 3 is 2.88 bits per heavy atom. The second kappa shape index (κ2) is 2.83. The molecule has 1 fully saturated rings. The number of fused-ring (bicyclic) bond motifs is 5. The fourth-order valence-electron chi connectivity index (χ4n) is 3.59. The van der Waals surface area contributed by atoms with Crippen LogP contribution in [0.2, 0.25) is 0 Å². The van der Waals surface area contributed by atoms with Crippen molar-refractivity contribution in [3.05, 3.63) is 23.3 Å². The van der Waals surface area contributed by atoms with Crippen molar-refractivity contribution in [2.45, 2.75) is 51.6 Å². The van der Waals surface area contributed by atoms with Gasteiger partial charge in [-0.25, -0.2) is 0 Å². The normalized spacial score (nSPS) is 34.1. The van der Waals surface area contributed by atoms with Crippen molar-refractivity contribution in [3.8, 4) is 0 Å². The van der Waals surface area contributed by atoms with E-state index in [2.05, 4.69) is 30.7 Å². The van der Waals surface area contributed by atoms with E-state index in [1.165, 1.54) is 18.5 Å². The van der Waals surface area contributed by atoms with Gasteiger partial charge in [-0.05, 0) is 18.3 Å². The summed E-state index contributed by atoms with van der Waals surface area (Å²) in [7, 11) is 0. The minimum atomic E-state index is -0.00978. The van der Waals surface area contributed by atoms with Crippen LogP contribution >= 0.6 is 0 Å². The molecule has 2 aliphatic carbocycles. The van der Waals surface area contributed by atoms with E-state index in [-0.39, 0.29) is 17.4 Å². The Morgan fingerprint density at radius 2 is 2.19 bits per heavy atom. The lowest BCUT2D eigenvalue weighted by Gasteiger charge is -2.33. The van der Waals surface area contributed by atoms with E-state index in [1.54, 1.807) is 6.20 Å². The Labute approximate surface area is 95.9 Å². The third-order valence-corrected chi connectivity index (χ3v) is 5.09. The molecule has 3 heteroatoms. The van der Waals surface area contributed by atoms with Gasteiger partial charge in [-0.3, -0.25) is 9.97 Å². The molecule has 3 rings (SSSR count). The minimum Gasteiger partial charge on any atom is -0.390 e. The Hall–Kier alpha value is -0.960. The number of nitrogens with zero attached hydrogens (tertiary/aromatic N) is 2. The van der Waals surface area contributed by atoms with Crippen LogP contribution in [0.4, 0.5) is 0 Å². The van der Waals surface area contributed by atoms with Crippen LogP contribution in [0.1, 0.15) is 56.6 Å². The second-order valence-electron chi connectivity index (χ2n) is 5.90. The molecule has 2 atom stereocenters. The summed E-state index contributed by atoms with van der Waals surface area (Å²) in [5.74, 6) is 0.520. The zero-order chi connectivity index (χ0) is 11.6. The van der Waals surface area contributed by atoms with Gasteiger partial charge in [0, 0.05) is 11.3 Å². The van der Waals surface area contributed by atoms with Crippen LogP contribution in [-0.2, 0) is 12.0 Å². The highest BCUT2D eigenvalue weighted by Gasteiger charge is 2.61. The van der Waals surface area contributed by atoms with Crippen LogP contribution in [0.15, 0.2) is 6.20 Å². The lowest BCUT2D eigenvalue weighted by Crippen LogP contribution is -2.31. The van der Waals surface area contributed by atoms with E-state index < -0.39 is 0 Å². The van der Waals surface area contributed by atoms with Gasteiger partial charge in [0.2, 0.25) is 0 Å². The maximum Gasteiger partial charge on any atom is 0.0868 e. The van der Waals surface area contributed by atoms with E-state index in [9.17, 15) is 0 Å². The van der Waals surface area contributed by atoms with Gasteiger partial charge in [0.15, 0.2) is 0 Å². The van der Waals surface area contributed by atoms with Crippen LogP contribution in [0, 0.1) is 5.41 Å². The molecule has 0 radical (unpaired) electrons. The number of hydrogen-bond acceptors (Lipinski definition) is 3. The molecule has 1 aromatic heterocycles. The first kappa shape index (κ1) is 10.2. The van der Waals surface area contributed by atoms with Crippen molar-refractivity contribution >= 4 is 0 Å². The first-order valence-electron chi connectivity index (χ1n) is 5.98. The second-order valence-corrected chi connectivity index (χ2v) is 5.90. The van der Waals surface area contributed by atoms with Gasteiger partial charge in [-0.1, -0.05) is 20.8 Å². The van der Waals surface area contributed by atoms with Crippen molar-refractivity contribution < 1.29 is 5.11 Å². The summed E-state index contributed by atoms with van der Waals surface area (Å²) < 4.78 is 0. The largest absolute Gasteiger partial charge is 0.390 e. The van der Waals surface area contributed by atoms with Gasteiger partial charge >= 0.3 is 0 Å². The van der Waals surface area contributed by atoms with Crippen molar-refractivity contribution in [1.29, 1.82) is 0 Å². The lowest BCUT2D eigenvalue weighted by atomic mass is 9.70. The summed E-state index contributed by atoms with van der Waals surface area (Å²) in [5, 5.41) is 9.13. The highest BCUT2D eigenvalue weighted by Crippen LogP contribution is 2.66. The van der Waals surface area contributed by atoms with E-state index in [4.69, 9.17) is 5.11 Å². The highest BCUT2D eigenvalue weighted by molar-refractivity contribution is 5.41. The van der Waals surface area contributed by atoms with Crippen molar-refractivity contribution in [1.82, 2.24) is 9.97 Å². The standard InChI is InChI=1S/C13H18N2O/c1-12(2)9-4-5-13(12,3)11-10(9)15-8(7-16)6-14-11/h6,9,16H,4-5,7H2,1-3H3. The molecule has 3 nitrogen and oxygen atoms in total. The molecule has 0 spiro atoms. The molecule has 1 N–H and O–H groups in total. The van der Waals surface area contributed by atoms with Gasteiger partial charge in [0.1, 0.15) is 0 Å². The Kier molecular flexibility index (Phi) is 1.81. The highest BCUT2D eigenvalue weighted by atomic mass is 16.3. The molecule has 2 bridgehead atoms. The maximum absolute atomic E-state index is 9.13. The van der Waals surface area contributed by atoms with Gasteiger partial charge in [0.05, 0.1) is 29.9 Å². The fourth-order valence-corrected chi connectivity index (χ4v) is 3.59. The third kappa shape index (κ3) is 0.932. The molecule has 2 unspecified atom stereocenters.